The van der Waals surface area contributed by atoms with E-state index < -0.39 is 0 Å². The monoisotopic (exact) mass is 305 g/mol. The van der Waals surface area contributed by atoms with E-state index in [4.69, 9.17) is 22.1 Å². The number of anilines is 1. The molecule has 2 aromatic rings. The smallest absolute Gasteiger partial charge is 0.223 e. The summed E-state index contributed by atoms with van der Waals surface area (Å²) in [5, 5.41) is 4.03. The summed E-state index contributed by atoms with van der Waals surface area (Å²) in [5.74, 6) is 1.32. The predicted octanol–water partition coefficient (Wildman–Crippen LogP) is 1.74. The number of ether oxygens (including phenoxy) is 1. The van der Waals surface area contributed by atoms with Crippen LogP contribution >= 0.6 is 11.6 Å². The van der Waals surface area contributed by atoms with Crippen LogP contribution in [0.2, 0.25) is 5.02 Å². The number of nitrogens with two attached hydrogens (primary N) is 1. The normalized spacial score (nSPS) is 18.7. The van der Waals surface area contributed by atoms with Gasteiger partial charge in [-0.15, -0.1) is 0 Å². The zero-order valence-corrected chi connectivity index (χ0v) is 12.4. The lowest BCUT2D eigenvalue weighted by atomic mass is 10.0. The first-order valence-corrected chi connectivity index (χ1v) is 7.10. The van der Waals surface area contributed by atoms with Gasteiger partial charge in [0.2, 0.25) is 5.95 Å². The molecular formula is C14H16ClN5O. The Bertz CT molecular complexity index is 638. The summed E-state index contributed by atoms with van der Waals surface area (Å²) in [4.78, 5) is 12.5. The molecule has 3 rings (SSSR count). The minimum Gasteiger partial charge on any atom is -0.378 e. The molecule has 2 heterocycles. The van der Waals surface area contributed by atoms with E-state index >= 15 is 0 Å². The zero-order chi connectivity index (χ0) is 14.8. The molecule has 1 aliphatic rings. The van der Waals surface area contributed by atoms with Crippen LogP contribution in [0.1, 0.15) is 17.4 Å². The van der Waals surface area contributed by atoms with Crippen molar-refractivity contribution in [2.24, 2.45) is 0 Å². The number of hydrogen-bond acceptors (Lipinski definition) is 6. The first-order chi connectivity index (χ1) is 10.1. The van der Waals surface area contributed by atoms with Gasteiger partial charge in [0.15, 0.2) is 5.82 Å². The molecule has 1 aromatic carbocycles. The second kappa shape index (κ2) is 5.93. The summed E-state index contributed by atoms with van der Waals surface area (Å²) >= 11 is 6.23. The minimum atomic E-state index is 0.122. The van der Waals surface area contributed by atoms with E-state index in [0.717, 1.165) is 24.3 Å². The van der Waals surface area contributed by atoms with Crippen molar-refractivity contribution in [1.29, 1.82) is 0 Å². The molecule has 1 fully saturated rings. The van der Waals surface area contributed by atoms with E-state index in [0.29, 0.717) is 23.3 Å². The second-order valence-electron chi connectivity index (χ2n) is 4.92. The molecule has 0 bridgehead atoms. The third-order valence-corrected chi connectivity index (χ3v) is 3.49. The number of aromatic nitrogens is 3. The topological polar surface area (TPSA) is 86.0 Å². The number of nitrogen functional groups attached to an aromatic ring is 1. The molecule has 7 heteroatoms. The maximum atomic E-state index is 6.23. The van der Waals surface area contributed by atoms with Crippen molar-refractivity contribution < 1.29 is 4.74 Å². The molecule has 1 aliphatic heterocycles. The standard InChI is InChI=1S/C14H16ClN5O/c1-8-18-13(20-14(16)19-8)10-4-9(5-11(15)6-10)12-7-21-3-2-17-12/h4-6,12,17H,2-3,7H2,1H3,(H2,16,18,19,20). The Morgan fingerprint density at radius 2 is 2.14 bits per heavy atom. The number of benzene rings is 1. The molecular weight excluding hydrogens is 290 g/mol. The van der Waals surface area contributed by atoms with Crippen LogP contribution in [0, 0.1) is 6.92 Å². The Morgan fingerprint density at radius 3 is 2.86 bits per heavy atom. The van der Waals surface area contributed by atoms with Crippen LogP contribution in [0.3, 0.4) is 0 Å². The van der Waals surface area contributed by atoms with E-state index in [9.17, 15) is 0 Å². The maximum Gasteiger partial charge on any atom is 0.223 e. The lowest BCUT2D eigenvalue weighted by molar-refractivity contribution is 0.0769. The van der Waals surface area contributed by atoms with Crippen LogP contribution in [0.15, 0.2) is 18.2 Å². The highest BCUT2D eigenvalue weighted by molar-refractivity contribution is 6.30. The third-order valence-electron chi connectivity index (χ3n) is 3.27. The van der Waals surface area contributed by atoms with Crippen molar-refractivity contribution in [3.63, 3.8) is 0 Å². The van der Waals surface area contributed by atoms with Crippen LogP contribution in [0.4, 0.5) is 5.95 Å². The number of halogens is 1. The summed E-state index contributed by atoms with van der Waals surface area (Å²) in [6.45, 7) is 3.96. The van der Waals surface area contributed by atoms with Gasteiger partial charge < -0.3 is 15.8 Å². The second-order valence-corrected chi connectivity index (χ2v) is 5.36. The van der Waals surface area contributed by atoms with Crippen molar-refractivity contribution in [2.75, 3.05) is 25.5 Å². The van der Waals surface area contributed by atoms with E-state index in [2.05, 4.69) is 20.3 Å². The zero-order valence-electron chi connectivity index (χ0n) is 11.6. The van der Waals surface area contributed by atoms with Gasteiger partial charge in [0.1, 0.15) is 5.82 Å². The highest BCUT2D eigenvalue weighted by atomic mass is 35.5. The van der Waals surface area contributed by atoms with Crippen LogP contribution in [0.25, 0.3) is 11.4 Å². The quantitative estimate of drug-likeness (QED) is 0.879. The summed E-state index contributed by atoms with van der Waals surface area (Å²) in [6.07, 6.45) is 0. The molecule has 6 nitrogen and oxygen atoms in total. The molecule has 0 amide bonds. The molecule has 0 saturated carbocycles. The average molecular weight is 306 g/mol. The highest BCUT2D eigenvalue weighted by Gasteiger charge is 2.17. The first-order valence-electron chi connectivity index (χ1n) is 6.72. The van der Waals surface area contributed by atoms with Gasteiger partial charge in [0.25, 0.3) is 0 Å². The number of rotatable bonds is 2. The first kappa shape index (κ1) is 14.2. The molecule has 1 unspecified atom stereocenters. The SMILES string of the molecule is Cc1nc(N)nc(-c2cc(Cl)cc(C3COCCN3)c2)n1. The molecule has 21 heavy (non-hydrogen) atoms. The van der Waals surface area contributed by atoms with Crippen LogP contribution < -0.4 is 11.1 Å². The van der Waals surface area contributed by atoms with Gasteiger partial charge in [0, 0.05) is 17.1 Å². The molecule has 1 saturated heterocycles. The molecule has 0 spiro atoms. The highest BCUT2D eigenvalue weighted by Crippen LogP contribution is 2.27. The van der Waals surface area contributed by atoms with E-state index in [-0.39, 0.29) is 12.0 Å². The van der Waals surface area contributed by atoms with Gasteiger partial charge in [-0.05, 0) is 30.7 Å². The summed E-state index contributed by atoms with van der Waals surface area (Å²) in [7, 11) is 0. The molecule has 1 atom stereocenters. The Balaban J connectivity index is 2.00. The fraction of sp³-hybridized carbons (Fsp3) is 0.357. The molecule has 1 aromatic heterocycles. The van der Waals surface area contributed by atoms with Crippen molar-refractivity contribution in [1.82, 2.24) is 20.3 Å². The lowest BCUT2D eigenvalue weighted by Crippen LogP contribution is -2.34. The Morgan fingerprint density at radius 1 is 1.29 bits per heavy atom. The van der Waals surface area contributed by atoms with Gasteiger partial charge in [-0.2, -0.15) is 9.97 Å². The van der Waals surface area contributed by atoms with Gasteiger partial charge in [0.05, 0.1) is 19.3 Å². The lowest BCUT2D eigenvalue weighted by Gasteiger charge is -2.24. The fourth-order valence-electron chi connectivity index (χ4n) is 2.35. The predicted molar refractivity (Wildman–Crippen MR) is 81.0 cm³/mol. The summed E-state index contributed by atoms with van der Waals surface area (Å²) < 4.78 is 5.49. The average Bonchev–Trinajstić information content (AvgIpc) is 2.46. The van der Waals surface area contributed by atoms with Crippen LogP contribution in [-0.2, 0) is 4.74 Å². The fourth-order valence-corrected chi connectivity index (χ4v) is 2.60. The van der Waals surface area contributed by atoms with Gasteiger partial charge >= 0.3 is 0 Å². The van der Waals surface area contributed by atoms with Crippen molar-refractivity contribution in [3.05, 3.63) is 34.6 Å². The van der Waals surface area contributed by atoms with Gasteiger partial charge in [-0.1, -0.05) is 11.6 Å². The number of nitrogens with zero attached hydrogens (tertiary/aromatic N) is 3. The number of nitrogens with one attached hydrogen (secondary N) is 1. The minimum absolute atomic E-state index is 0.122. The summed E-state index contributed by atoms with van der Waals surface area (Å²) in [6, 6.07) is 5.88. The molecule has 110 valence electrons. The largest absolute Gasteiger partial charge is 0.378 e. The van der Waals surface area contributed by atoms with Crippen molar-refractivity contribution in [3.8, 4) is 11.4 Å². The number of hydrogen-bond donors (Lipinski definition) is 2. The Hall–Kier alpha value is -1.76. The molecule has 3 N–H and O–H groups in total. The number of aryl methyl sites for hydroxylation is 1. The van der Waals surface area contributed by atoms with E-state index in [1.807, 2.05) is 18.2 Å². The Kier molecular flexibility index (Phi) is 4.01. The molecule has 0 radical (unpaired) electrons. The van der Waals surface area contributed by atoms with Crippen molar-refractivity contribution in [2.45, 2.75) is 13.0 Å². The maximum absolute atomic E-state index is 6.23. The van der Waals surface area contributed by atoms with E-state index in [1.165, 1.54) is 0 Å². The van der Waals surface area contributed by atoms with Crippen LogP contribution in [-0.4, -0.2) is 34.7 Å². The third kappa shape index (κ3) is 3.29. The van der Waals surface area contributed by atoms with Gasteiger partial charge in [-0.3, -0.25) is 0 Å². The molecule has 0 aliphatic carbocycles. The van der Waals surface area contributed by atoms with Gasteiger partial charge in [-0.25, -0.2) is 4.98 Å². The Labute approximate surface area is 127 Å². The number of morpholine rings is 1. The van der Waals surface area contributed by atoms with Crippen molar-refractivity contribution >= 4 is 17.5 Å². The summed E-state index contributed by atoms with van der Waals surface area (Å²) in [5.41, 5.74) is 7.56. The van der Waals surface area contributed by atoms with E-state index in [1.54, 1.807) is 6.92 Å². The van der Waals surface area contributed by atoms with Crippen LogP contribution in [0.5, 0.6) is 0 Å².